The van der Waals surface area contributed by atoms with Crippen molar-refractivity contribution >= 4 is 16.8 Å². The average Bonchev–Trinajstić information content (AvgIpc) is 3.10. The highest BCUT2D eigenvalue weighted by molar-refractivity contribution is 5.99. The van der Waals surface area contributed by atoms with E-state index in [1.807, 2.05) is 24.3 Å². The molecule has 2 aromatic rings. The van der Waals surface area contributed by atoms with Crippen LogP contribution in [0.5, 0.6) is 5.75 Å². The average molecular weight is 341 g/mol. The number of aromatic amines is 1. The first kappa shape index (κ1) is 16.5. The molecule has 1 amide bonds. The second-order valence-corrected chi connectivity index (χ2v) is 7.32. The molecule has 0 spiro atoms. The number of hydrogen-bond donors (Lipinski definition) is 2. The molecular weight excluding hydrogens is 314 g/mol. The number of methoxy groups -OCH3 is 1. The second kappa shape index (κ2) is 7.08. The number of piperidine rings is 2. The Bertz CT molecular complexity index is 752. The van der Waals surface area contributed by atoms with Gasteiger partial charge in [-0.2, -0.15) is 0 Å². The van der Waals surface area contributed by atoms with Crippen molar-refractivity contribution in [3.8, 4) is 5.75 Å². The van der Waals surface area contributed by atoms with E-state index in [-0.39, 0.29) is 5.91 Å². The quantitative estimate of drug-likeness (QED) is 0.898. The number of carbonyl (C=O) groups is 1. The van der Waals surface area contributed by atoms with E-state index in [4.69, 9.17) is 4.74 Å². The van der Waals surface area contributed by atoms with Crippen molar-refractivity contribution in [2.45, 2.75) is 38.1 Å². The number of ether oxygens (including phenoxy) is 1. The minimum absolute atomic E-state index is 0.0221. The number of fused-ring (bicyclic) bond motifs is 2. The van der Waals surface area contributed by atoms with Gasteiger partial charge in [-0.3, -0.25) is 4.79 Å². The van der Waals surface area contributed by atoms with Crippen LogP contribution in [0.3, 0.4) is 0 Å². The summed E-state index contributed by atoms with van der Waals surface area (Å²) < 4.78 is 5.38. The van der Waals surface area contributed by atoms with E-state index in [1.54, 1.807) is 7.11 Å². The first-order valence-electron chi connectivity index (χ1n) is 9.44. The Labute approximate surface area is 148 Å². The van der Waals surface area contributed by atoms with Crippen LogP contribution in [-0.2, 0) is 0 Å². The summed E-state index contributed by atoms with van der Waals surface area (Å²) in [5, 5.41) is 4.11. The molecule has 0 aliphatic carbocycles. The highest BCUT2D eigenvalue weighted by Crippen LogP contribution is 2.30. The molecule has 2 aliphatic rings. The van der Waals surface area contributed by atoms with Gasteiger partial charge in [0.2, 0.25) is 0 Å². The summed E-state index contributed by atoms with van der Waals surface area (Å²) in [6.45, 7) is 3.24. The summed E-state index contributed by atoms with van der Waals surface area (Å²) in [6, 6.07) is 8.36. The first-order valence-corrected chi connectivity index (χ1v) is 9.44. The fraction of sp³-hybridized carbons (Fsp3) is 0.550. The van der Waals surface area contributed by atoms with Crippen LogP contribution >= 0.6 is 0 Å². The van der Waals surface area contributed by atoms with Crippen LogP contribution in [0.1, 0.15) is 42.6 Å². The third kappa shape index (κ3) is 3.25. The van der Waals surface area contributed by atoms with Crippen molar-refractivity contribution in [3.05, 3.63) is 30.0 Å². The summed E-state index contributed by atoms with van der Waals surface area (Å²) in [6.07, 6.45) is 6.41. The molecule has 0 bridgehead atoms. The SMILES string of the molecule is COc1cccc2[nH]c(C(=O)NCC3CCCN4CCCCC34)cc12. The Morgan fingerprint density at radius 2 is 2.16 bits per heavy atom. The van der Waals surface area contributed by atoms with E-state index in [1.165, 1.54) is 45.2 Å². The second-order valence-electron chi connectivity index (χ2n) is 7.32. The number of nitrogens with zero attached hydrogens (tertiary/aromatic N) is 1. The molecule has 3 heterocycles. The predicted molar refractivity (Wildman–Crippen MR) is 99.1 cm³/mol. The van der Waals surface area contributed by atoms with Gasteiger partial charge in [-0.25, -0.2) is 0 Å². The Hall–Kier alpha value is -2.01. The van der Waals surface area contributed by atoms with Gasteiger partial charge >= 0.3 is 0 Å². The van der Waals surface area contributed by atoms with Crippen LogP contribution in [0.25, 0.3) is 10.9 Å². The third-order valence-corrected chi connectivity index (χ3v) is 5.84. The lowest BCUT2D eigenvalue weighted by molar-refractivity contribution is 0.0575. The van der Waals surface area contributed by atoms with Gasteiger partial charge in [-0.15, -0.1) is 0 Å². The van der Waals surface area contributed by atoms with E-state index in [2.05, 4.69) is 15.2 Å². The molecule has 2 N–H and O–H groups in total. The fourth-order valence-corrected chi connectivity index (χ4v) is 4.56. The van der Waals surface area contributed by atoms with Crippen molar-refractivity contribution in [1.29, 1.82) is 0 Å². The Morgan fingerprint density at radius 1 is 1.28 bits per heavy atom. The van der Waals surface area contributed by atoms with Crippen molar-refractivity contribution < 1.29 is 9.53 Å². The van der Waals surface area contributed by atoms with Gasteiger partial charge in [0.1, 0.15) is 11.4 Å². The number of carbonyl (C=O) groups excluding carboxylic acids is 1. The highest BCUT2D eigenvalue weighted by Gasteiger charge is 2.33. The van der Waals surface area contributed by atoms with Crippen LogP contribution in [0.4, 0.5) is 0 Å². The molecule has 2 atom stereocenters. The van der Waals surface area contributed by atoms with Crippen LogP contribution in [-0.4, -0.2) is 48.6 Å². The van der Waals surface area contributed by atoms with Gasteiger partial charge in [0.25, 0.3) is 5.91 Å². The van der Waals surface area contributed by atoms with Crippen molar-refractivity contribution in [2.75, 3.05) is 26.7 Å². The molecule has 5 heteroatoms. The number of H-pyrrole nitrogens is 1. The van der Waals surface area contributed by atoms with Gasteiger partial charge in [-0.05, 0) is 62.9 Å². The maximum Gasteiger partial charge on any atom is 0.267 e. The van der Waals surface area contributed by atoms with Gasteiger partial charge in [0.15, 0.2) is 0 Å². The summed E-state index contributed by atoms with van der Waals surface area (Å²) in [7, 11) is 1.65. The lowest BCUT2D eigenvalue weighted by Crippen LogP contribution is -2.51. The number of benzene rings is 1. The minimum atomic E-state index is -0.0221. The normalized spacial score (nSPS) is 24.0. The van der Waals surface area contributed by atoms with Crippen molar-refractivity contribution in [2.24, 2.45) is 5.92 Å². The van der Waals surface area contributed by atoms with Gasteiger partial charge in [-0.1, -0.05) is 12.5 Å². The summed E-state index contributed by atoms with van der Waals surface area (Å²) in [5.41, 5.74) is 1.54. The molecule has 2 aliphatic heterocycles. The number of hydrogen-bond acceptors (Lipinski definition) is 3. The molecule has 5 nitrogen and oxygen atoms in total. The zero-order chi connectivity index (χ0) is 17.2. The molecule has 1 aromatic heterocycles. The molecule has 2 fully saturated rings. The molecular formula is C20H27N3O2. The molecule has 0 radical (unpaired) electrons. The van der Waals surface area contributed by atoms with E-state index in [9.17, 15) is 4.79 Å². The van der Waals surface area contributed by atoms with Crippen molar-refractivity contribution in [3.63, 3.8) is 0 Å². The monoisotopic (exact) mass is 341 g/mol. The topological polar surface area (TPSA) is 57.4 Å². The molecule has 134 valence electrons. The predicted octanol–water partition coefficient (Wildman–Crippen LogP) is 3.17. The Balaban J connectivity index is 1.43. The number of rotatable bonds is 4. The first-order chi connectivity index (χ1) is 12.3. The zero-order valence-electron chi connectivity index (χ0n) is 14.9. The number of amides is 1. The molecule has 4 rings (SSSR count). The Morgan fingerprint density at radius 3 is 3.04 bits per heavy atom. The molecule has 0 saturated carbocycles. The van der Waals surface area contributed by atoms with Crippen molar-refractivity contribution in [1.82, 2.24) is 15.2 Å². The fourth-order valence-electron chi connectivity index (χ4n) is 4.56. The molecule has 1 aromatic carbocycles. The lowest BCUT2D eigenvalue weighted by Gasteiger charge is -2.44. The molecule has 25 heavy (non-hydrogen) atoms. The zero-order valence-corrected chi connectivity index (χ0v) is 14.9. The molecule has 2 saturated heterocycles. The maximum atomic E-state index is 12.6. The van der Waals surface area contributed by atoms with Gasteiger partial charge in [0, 0.05) is 23.5 Å². The van der Waals surface area contributed by atoms with Crippen LogP contribution in [0.15, 0.2) is 24.3 Å². The summed E-state index contributed by atoms with van der Waals surface area (Å²) in [5.74, 6) is 1.35. The Kier molecular flexibility index (Phi) is 4.66. The van der Waals surface area contributed by atoms with E-state index in [0.717, 1.165) is 23.2 Å². The van der Waals surface area contributed by atoms with Crippen LogP contribution in [0, 0.1) is 5.92 Å². The third-order valence-electron chi connectivity index (χ3n) is 5.84. The van der Waals surface area contributed by atoms with E-state index in [0.29, 0.717) is 17.7 Å². The number of aromatic nitrogens is 1. The number of nitrogens with one attached hydrogen (secondary N) is 2. The lowest BCUT2D eigenvalue weighted by atomic mass is 9.83. The van der Waals surface area contributed by atoms with Gasteiger partial charge in [0.05, 0.1) is 7.11 Å². The van der Waals surface area contributed by atoms with Crippen LogP contribution in [0.2, 0.25) is 0 Å². The molecule has 2 unspecified atom stereocenters. The van der Waals surface area contributed by atoms with Gasteiger partial charge < -0.3 is 19.9 Å². The van der Waals surface area contributed by atoms with E-state index < -0.39 is 0 Å². The standard InChI is InChI=1S/C20H27N3O2/c1-25-19-9-4-7-16-15(19)12-17(22-16)20(24)21-13-14-6-5-11-23-10-3-2-8-18(14)23/h4,7,9,12,14,18,22H,2-3,5-6,8,10-11,13H2,1H3,(H,21,24). The smallest absolute Gasteiger partial charge is 0.267 e. The summed E-state index contributed by atoms with van der Waals surface area (Å²) in [4.78, 5) is 18.5. The van der Waals surface area contributed by atoms with E-state index >= 15 is 0 Å². The minimum Gasteiger partial charge on any atom is -0.496 e. The maximum absolute atomic E-state index is 12.6. The van der Waals surface area contributed by atoms with Crippen LogP contribution < -0.4 is 10.1 Å². The highest BCUT2D eigenvalue weighted by atomic mass is 16.5. The summed E-state index contributed by atoms with van der Waals surface area (Å²) >= 11 is 0. The largest absolute Gasteiger partial charge is 0.496 e.